The van der Waals surface area contributed by atoms with Gasteiger partial charge < -0.3 is 10.1 Å². The van der Waals surface area contributed by atoms with Crippen LogP contribution in [-0.2, 0) is 0 Å². The van der Waals surface area contributed by atoms with Crippen LogP contribution in [0.25, 0.3) is 5.52 Å². The molecule has 2 aromatic heterocycles. The van der Waals surface area contributed by atoms with Gasteiger partial charge in [0.1, 0.15) is 5.52 Å². The minimum atomic E-state index is 0.400. The SMILES string of the molecule is CC(C)c1cc2c(N3CCC(=NO)CC3)nccn2n1. The third-order valence-corrected chi connectivity index (χ3v) is 3.76. The maximum atomic E-state index is 8.82. The number of nitrogens with zero attached hydrogens (tertiary/aromatic N) is 5. The summed E-state index contributed by atoms with van der Waals surface area (Å²) in [6.07, 6.45) is 5.24. The molecule has 0 aliphatic carbocycles. The summed E-state index contributed by atoms with van der Waals surface area (Å²) in [6.45, 7) is 5.93. The van der Waals surface area contributed by atoms with Gasteiger partial charge in [-0.2, -0.15) is 5.10 Å². The lowest BCUT2D eigenvalue weighted by Gasteiger charge is -2.28. The molecule has 3 heterocycles. The van der Waals surface area contributed by atoms with Gasteiger partial charge in [0.25, 0.3) is 0 Å². The Morgan fingerprint density at radius 3 is 2.70 bits per heavy atom. The molecule has 20 heavy (non-hydrogen) atoms. The average Bonchev–Trinajstić information content (AvgIpc) is 2.91. The molecule has 1 aliphatic rings. The molecular formula is C14H19N5O. The van der Waals surface area contributed by atoms with Crippen LogP contribution in [0.3, 0.4) is 0 Å². The van der Waals surface area contributed by atoms with Crippen LogP contribution in [0.15, 0.2) is 23.6 Å². The Hall–Kier alpha value is -2.11. The molecule has 0 spiro atoms. The van der Waals surface area contributed by atoms with Gasteiger partial charge in [0.05, 0.1) is 11.4 Å². The second-order valence-electron chi connectivity index (χ2n) is 5.46. The zero-order valence-corrected chi connectivity index (χ0v) is 11.8. The number of fused-ring (bicyclic) bond motifs is 1. The fourth-order valence-electron chi connectivity index (χ4n) is 2.53. The monoisotopic (exact) mass is 273 g/mol. The Balaban J connectivity index is 1.95. The number of hydrogen-bond acceptors (Lipinski definition) is 5. The molecule has 0 bridgehead atoms. The van der Waals surface area contributed by atoms with Crippen molar-refractivity contribution in [1.82, 2.24) is 14.6 Å². The first-order valence-electron chi connectivity index (χ1n) is 6.98. The Morgan fingerprint density at radius 1 is 1.30 bits per heavy atom. The number of rotatable bonds is 2. The molecule has 6 nitrogen and oxygen atoms in total. The van der Waals surface area contributed by atoms with Gasteiger partial charge >= 0.3 is 0 Å². The second kappa shape index (κ2) is 5.11. The van der Waals surface area contributed by atoms with Crippen LogP contribution >= 0.6 is 0 Å². The highest BCUT2D eigenvalue weighted by atomic mass is 16.4. The molecule has 1 aliphatic heterocycles. The van der Waals surface area contributed by atoms with Gasteiger partial charge in [-0.15, -0.1) is 0 Å². The number of aromatic nitrogens is 3. The van der Waals surface area contributed by atoms with E-state index in [1.165, 1.54) is 0 Å². The third kappa shape index (κ3) is 2.21. The topological polar surface area (TPSA) is 66.0 Å². The zero-order valence-electron chi connectivity index (χ0n) is 11.8. The summed E-state index contributed by atoms with van der Waals surface area (Å²) in [7, 11) is 0. The van der Waals surface area contributed by atoms with Crippen LogP contribution < -0.4 is 4.90 Å². The molecule has 106 valence electrons. The number of piperidine rings is 1. The van der Waals surface area contributed by atoms with Crippen molar-refractivity contribution in [2.75, 3.05) is 18.0 Å². The van der Waals surface area contributed by atoms with E-state index in [2.05, 4.69) is 40.1 Å². The van der Waals surface area contributed by atoms with Crippen LogP contribution in [0, 0.1) is 0 Å². The molecule has 1 N–H and O–H groups in total. The molecule has 3 rings (SSSR count). The van der Waals surface area contributed by atoms with Gasteiger partial charge in [0.15, 0.2) is 5.82 Å². The predicted molar refractivity (Wildman–Crippen MR) is 77.7 cm³/mol. The van der Waals surface area contributed by atoms with Crippen molar-refractivity contribution in [3.8, 4) is 0 Å². The summed E-state index contributed by atoms with van der Waals surface area (Å²) >= 11 is 0. The van der Waals surface area contributed by atoms with Crippen LogP contribution in [0.5, 0.6) is 0 Å². The van der Waals surface area contributed by atoms with Crippen molar-refractivity contribution in [3.05, 3.63) is 24.2 Å². The number of hydrogen-bond donors (Lipinski definition) is 1. The largest absolute Gasteiger partial charge is 0.411 e. The number of anilines is 1. The van der Waals surface area contributed by atoms with E-state index in [0.717, 1.165) is 48.7 Å². The van der Waals surface area contributed by atoms with Crippen LogP contribution in [0.1, 0.15) is 38.3 Å². The van der Waals surface area contributed by atoms with E-state index < -0.39 is 0 Å². The maximum Gasteiger partial charge on any atom is 0.154 e. The first kappa shape index (κ1) is 12.9. The summed E-state index contributed by atoms with van der Waals surface area (Å²) in [5, 5.41) is 16.7. The van der Waals surface area contributed by atoms with Crippen molar-refractivity contribution in [2.45, 2.75) is 32.6 Å². The van der Waals surface area contributed by atoms with Gasteiger partial charge in [0.2, 0.25) is 0 Å². The van der Waals surface area contributed by atoms with Crippen LogP contribution in [-0.4, -0.2) is 38.6 Å². The first-order valence-corrected chi connectivity index (χ1v) is 6.98. The van der Waals surface area contributed by atoms with E-state index in [4.69, 9.17) is 5.21 Å². The van der Waals surface area contributed by atoms with E-state index in [0.29, 0.717) is 5.92 Å². The van der Waals surface area contributed by atoms with E-state index in [1.54, 1.807) is 6.20 Å². The highest BCUT2D eigenvalue weighted by molar-refractivity contribution is 5.86. The molecular weight excluding hydrogens is 254 g/mol. The van der Waals surface area contributed by atoms with Gasteiger partial charge in [-0.05, 0) is 12.0 Å². The predicted octanol–water partition coefficient (Wildman–Crippen LogP) is 2.28. The van der Waals surface area contributed by atoms with Crippen molar-refractivity contribution >= 4 is 17.0 Å². The lowest BCUT2D eigenvalue weighted by Crippen LogP contribution is -2.34. The third-order valence-electron chi connectivity index (χ3n) is 3.76. The highest BCUT2D eigenvalue weighted by Gasteiger charge is 2.20. The molecule has 0 unspecified atom stereocenters. The molecule has 0 aromatic carbocycles. The molecule has 1 saturated heterocycles. The standard InChI is InChI=1S/C14H19N5O/c1-10(2)12-9-13-14(15-5-8-19(13)16-12)18-6-3-11(17-20)4-7-18/h5,8-10,20H,3-4,6-7H2,1-2H3. The molecule has 0 saturated carbocycles. The van der Waals surface area contributed by atoms with Gasteiger partial charge in [-0.1, -0.05) is 19.0 Å². The smallest absolute Gasteiger partial charge is 0.154 e. The zero-order chi connectivity index (χ0) is 14.1. The number of oxime groups is 1. The fourth-order valence-corrected chi connectivity index (χ4v) is 2.53. The molecule has 2 aromatic rings. The molecule has 0 atom stereocenters. The van der Waals surface area contributed by atoms with E-state index >= 15 is 0 Å². The van der Waals surface area contributed by atoms with Crippen molar-refractivity contribution in [1.29, 1.82) is 0 Å². The second-order valence-corrected chi connectivity index (χ2v) is 5.46. The minimum Gasteiger partial charge on any atom is -0.411 e. The Morgan fingerprint density at radius 2 is 2.05 bits per heavy atom. The van der Waals surface area contributed by atoms with Gasteiger partial charge in [0, 0.05) is 38.3 Å². The molecule has 0 radical (unpaired) electrons. The summed E-state index contributed by atoms with van der Waals surface area (Å²) in [5.74, 6) is 1.36. The fraction of sp³-hybridized carbons (Fsp3) is 0.500. The Labute approximate surface area is 117 Å². The minimum absolute atomic E-state index is 0.400. The first-order chi connectivity index (χ1) is 9.69. The molecule has 1 fully saturated rings. The highest BCUT2D eigenvalue weighted by Crippen LogP contribution is 2.24. The molecule has 0 amide bonds. The van der Waals surface area contributed by atoms with Crippen molar-refractivity contribution < 1.29 is 5.21 Å². The van der Waals surface area contributed by atoms with E-state index in [9.17, 15) is 0 Å². The van der Waals surface area contributed by atoms with E-state index in [-0.39, 0.29) is 0 Å². The van der Waals surface area contributed by atoms with E-state index in [1.807, 2.05) is 10.7 Å². The lowest BCUT2D eigenvalue weighted by atomic mass is 10.1. The van der Waals surface area contributed by atoms with Crippen molar-refractivity contribution in [2.24, 2.45) is 5.16 Å². The Bertz CT molecular complexity index is 636. The summed E-state index contributed by atoms with van der Waals surface area (Å²) in [4.78, 5) is 6.75. The normalized spacial score (nSPS) is 16.1. The molecule has 6 heteroatoms. The van der Waals surface area contributed by atoms with Crippen LogP contribution in [0.4, 0.5) is 5.82 Å². The van der Waals surface area contributed by atoms with Gasteiger partial charge in [-0.25, -0.2) is 9.50 Å². The quantitative estimate of drug-likeness (QED) is 0.673. The average molecular weight is 273 g/mol. The lowest BCUT2D eigenvalue weighted by molar-refractivity contribution is 0.315. The van der Waals surface area contributed by atoms with Crippen LogP contribution in [0.2, 0.25) is 0 Å². The van der Waals surface area contributed by atoms with Crippen molar-refractivity contribution in [3.63, 3.8) is 0 Å². The van der Waals surface area contributed by atoms with Gasteiger partial charge in [-0.3, -0.25) is 0 Å². The summed E-state index contributed by atoms with van der Waals surface area (Å²) < 4.78 is 1.90. The summed E-state index contributed by atoms with van der Waals surface area (Å²) in [5.41, 5.74) is 2.99. The maximum absolute atomic E-state index is 8.82. The Kier molecular flexibility index (Phi) is 3.30. The summed E-state index contributed by atoms with van der Waals surface area (Å²) in [6, 6.07) is 2.11.